The summed E-state index contributed by atoms with van der Waals surface area (Å²) in [7, 11) is 0. The summed E-state index contributed by atoms with van der Waals surface area (Å²) in [4.78, 5) is 17.7. The Bertz CT molecular complexity index is 1350. The Balaban J connectivity index is 1.74. The molecular weight excluding hydrogens is 402 g/mol. The molecule has 1 aliphatic heterocycles. The van der Waals surface area contributed by atoms with Crippen LogP contribution >= 0.6 is 0 Å². The van der Waals surface area contributed by atoms with E-state index in [2.05, 4.69) is 6.07 Å². The van der Waals surface area contributed by atoms with Crippen LogP contribution in [0.2, 0.25) is 0 Å². The molecule has 0 amide bonds. The van der Waals surface area contributed by atoms with Gasteiger partial charge in [-0.25, -0.2) is 4.98 Å². The van der Waals surface area contributed by atoms with Gasteiger partial charge in [0.2, 0.25) is 11.8 Å². The van der Waals surface area contributed by atoms with Crippen LogP contribution in [0.15, 0.2) is 77.4 Å². The molecule has 2 heterocycles. The van der Waals surface area contributed by atoms with Crippen LogP contribution in [0.25, 0.3) is 10.9 Å². The van der Waals surface area contributed by atoms with Gasteiger partial charge in [-0.2, -0.15) is 5.26 Å². The fourth-order valence-electron chi connectivity index (χ4n) is 4.29. The number of carbonyl (C=O) groups excluding carboxylic acids is 1. The Labute approximate surface area is 185 Å². The number of allylic oxidation sites excluding steroid dienone is 3. The number of nitrogens with zero attached hydrogens (tertiary/aromatic N) is 2. The van der Waals surface area contributed by atoms with Gasteiger partial charge in [-0.15, -0.1) is 0 Å². The normalized spacial score (nSPS) is 18.2. The van der Waals surface area contributed by atoms with E-state index in [1.165, 1.54) is 0 Å². The molecule has 0 saturated heterocycles. The molecule has 2 N–H and O–H groups in total. The van der Waals surface area contributed by atoms with Crippen LogP contribution in [0.3, 0.4) is 0 Å². The lowest BCUT2D eigenvalue weighted by Crippen LogP contribution is -2.27. The number of ketones is 1. The van der Waals surface area contributed by atoms with Crippen LogP contribution in [-0.2, 0) is 9.53 Å². The molecule has 32 heavy (non-hydrogen) atoms. The summed E-state index contributed by atoms with van der Waals surface area (Å²) in [6.45, 7) is 2.00. The van der Waals surface area contributed by atoms with Gasteiger partial charge >= 0.3 is 0 Å². The Morgan fingerprint density at radius 3 is 2.72 bits per heavy atom. The molecule has 6 nitrogen and oxygen atoms in total. The fraction of sp³-hybridized carbons (Fsp3) is 0.192. The highest BCUT2D eigenvalue weighted by molar-refractivity contribution is 5.99. The molecule has 3 aromatic rings. The van der Waals surface area contributed by atoms with Gasteiger partial charge in [-0.3, -0.25) is 4.79 Å². The van der Waals surface area contributed by atoms with Gasteiger partial charge in [0.1, 0.15) is 23.2 Å². The monoisotopic (exact) mass is 423 g/mol. The largest absolute Gasteiger partial charge is 0.444 e. The van der Waals surface area contributed by atoms with Crippen LogP contribution in [0, 0.1) is 18.3 Å². The lowest BCUT2D eigenvalue weighted by molar-refractivity contribution is -0.116. The second kappa shape index (κ2) is 7.86. The third-order valence-electron chi connectivity index (χ3n) is 5.87. The first kappa shape index (κ1) is 19.8. The number of para-hydroxylation sites is 1. The van der Waals surface area contributed by atoms with Crippen molar-refractivity contribution in [3.63, 3.8) is 0 Å². The second-order valence-electron chi connectivity index (χ2n) is 8.03. The highest BCUT2D eigenvalue weighted by atomic mass is 16.5. The molecule has 158 valence electrons. The third-order valence-corrected chi connectivity index (χ3v) is 5.87. The lowest BCUT2D eigenvalue weighted by atomic mass is 9.77. The SMILES string of the molecule is Cc1ccc(Oc2nc3ccccc3cc2C2C(C#N)=C(N)OC3=C2C(=O)CCC3)cc1. The van der Waals surface area contributed by atoms with Gasteiger partial charge in [0, 0.05) is 29.4 Å². The molecule has 1 aliphatic carbocycles. The Morgan fingerprint density at radius 2 is 1.94 bits per heavy atom. The average Bonchev–Trinajstić information content (AvgIpc) is 2.79. The van der Waals surface area contributed by atoms with E-state index in [1.54, 1.807) is 0 Å². The summed E-state index contributed by atoms with van der Waals surface area (Å²) in [5.41, 5.74) is 9.29. The number of aryl methyl sites for hydroxylation is 1. The van der Waals surface area contributed by atoms with E-state index in [4.69, 9.17) is 20.2 Å². The summed E-state index contributed by atoms with van der Waals surface area (Å²) >= 11 is 0. The van der Waals surface area contributed by atoms with E-state index in [0.717, 1.165) is 16.5 Å². The van der Waals surface area contributed by atoms with Crippen LogP contribution in [0.4, 0.5) is 0 Å². The average molecular weight is 423 g/mol. The van der Waals surface area contributed by atoms with Crippen LogP contribution in [0.5, 0.6) is 11.6 Å². The molecule has 1 atom stereocenters. The number of benzene rings is 2. The number of Topliss-reactive ketones (excluding diaryl/α,β-unsaturated/α-hetero) is 1. The Morgan fingerprint density at radius 1 is 1.16 bits per heavy atom. The summed E-state index contributed by atoms with van der Waals surface area (Å²) in [5, 5.41) is 10.8. The number of hydrogen-bond donors (Lipinski definition) is 1. The minimum absolute atomic E-state index is 0.0281. The van der Waals surface area contributed by atoms with E-state index < -0.39 is 5.92 Å². The molecule has 1 aromatic heterocycles. The van der Waals surface area contributed by atoms with E-state index in [0.29, 0.717) is 47.8 Å². The number of pyridine rings is 1. The van der Waals surface area contributed by atoms with E-state index in [9.17, 15) is 10.1 Å². The van der Waals surface area contributed by atoms with Gasteiger partial charge in [0.15, 0.2) is 5.78 Å². The molecule has 2 aromatic carbocycles. The Kier molecular flexibility index (Phi) is 4.87. The zero-order chi connectivity index (χ0) is 22.2. The molecule has 0 fully saturated rings. The van der Waals surface area contributed by atoms with Crippen LogP contribution in [0.1, 0.15) is 36.3 Å². The van der Waals surface area contributed by atoms with Crippen molar-refractivity contribution in [3.8, 4) is 17.7 Å². The van der Waals surface area contributed by atoms with Crippen molar-refractivity contribution >= 4 is 16.7 Å². The Hall–Kier alpha value is -4.11. The predicted octanol–water partition coefficient (Wildman–Crippen LogP) is 5.15. The molecule has 5 rings (SSSR count). The molecule has 6 heteroatoms. The number of rotatable bonds is 3. The number of nitrogens with two attached hydrogens (primary N) is 1. The first-order valence-electron chi connectivity index (χ1n) is 10.5. The highest BCUT2D eigenvalue weighted by Gasteiger charge is 2.40. The summed E-state index contributed by atoms with van der Waals surface area (Å²) in [5.74, 6) is 0.800. The number of fused-ring (bicyclic) bond motifs is 1. The lowest BCUT2D eigenvalue weighted by Gasteiger charge is -2.31. The third kappa shape index (κ3) is 3.38. The maximum absolute atomic E-state index is 13.0. The molecular formula is C26H21N3O3. The van der Waals surface area contributed by atoms with Gasteiger partial charge in [-0.1, -0.05) is 35.9 Å². The van der Waals surface area contributed by atoms with Gasteiger partial charge in [0.05, 0.1) is 11.4 Å². The quantitative estimate of drug-likeness (QED) is 0.625. The smallest absolute Gasteiger partial charge is 0.224 e. The zero-order valence-corrected chi connectivity index (χ0v) is 17.6. The van der Waals surface area contributed by atoms with Crippen molar-refractivity contribution in [2.45, 2.75) is 32.1 Å². The van der Waals surface area contributed by atoms with Crippen molar-refractivity contribution in [2.75, 3.05) is 0 Å². The minimum Gasteiger partial charge on any atom is -0.444 e. The maximum Gasteiger partial charge on any atom is 0.224 e. The van der Waals surface area contributed by atoms with Gasteiger partial charge in [0.25, 0.3) is 0 Å². The first-order chi connectivity index (χ1) is 15.5. The van der Waals surface area contributed by atoms with E-state index >= 15 is 0 Å². The van der Waals surface area contributed by atoms with E-state index in [1.807, 2.05) is 61.5 Å². The van der Waals surface area contributed by atoms with Crippen molar-refractivity contribution in [1.29, 1.82) is 5.26 Å². The zero-order valence-electron chi connectivity index (χ0n) is 17.6. The molecule has 0 radical (unpaired) electrons. The molecule has 0 bridgehead atoms. The van der Waals surface area contributed by atoms with Crippen LogP contribution < -0.4 is 10.5 Å². The second-order valence-corrected chi connectivity index (χ2v) is 8.03. The number of ether oxygens (including phenoxy) is 2. The van der Waals surface area contributed by atoms with Crippen LogP contribution in [-0.4, -0.2) is 10.8 Å². The van der Waals surface area contributed by atoms with Crippen molar-refractivity contribution in [3.05, 3.63) is 88.5 Å². The summed E-state index contributed by atoms with van der Waals surface area (Å²) in [6, 6.07) is 19.4. The van der Waals surface area contributed by atoms with Crippen molar-refractivity contribution in [2.24, 2.45) is 5.73 Å². The predicted molar refractivity (Wildman–Crippen MR) is 120 cm³/mol. The number of nitriles is 1. The fourth-order valence-corrected chi connectivity index (χ4v) is 4.29. The molecule has 1 unspecified atom stereocenters. The highest BCUT2D eigenvalue weighted by Crippen LogP contribution is 2.46. The maximum atomic E-state index is 13.0. The topological polar surface area (TPSA) is 98.2 Å². The summed E-state index contributed by atoms with van der Waals surface area (Å²) in [6.07, 6.45) is 1.71. The number of aromatic nitrogens is 1. The van der Waals surface area contributed by atoms with Gasteiger partial charge in [-0.05, 0) is 37.6 Å². The first-order valence-corrected chi connectivity index (χ1v) is 10.5. The molecule has 0 saturated carbocycles. The summed E-state index contributed by atoms with van der Waals surface area (Å²) < 4.78 is 11.9. The molecule has 2 aliphatic rings. The van der Waals surface area contributed by atoms with E-state index in [-0.39, 0.29) is 17.2 Å². The van der Waals surface area contributed by atoms with Crippen molar-refractivity contribution < 1.29 is 14.3 Å². The van der Waals surface area contributed by atoms with Crippen molar-refractivity contribution in [1.82, 2.24) is 4.98 Å². The number of hydrogen-bond acceptors (Lipinski definition) is 6. The number of carbonyl (C=O) groups is 1. The minimum atomic E-state index is -0.686. The standard InChI is InChI=1S/C26H21N3O3/c1-15-9-11-17(12-10-15)31-26-18(13-16-5-2-3-6-20(16)29-26)23-19(14-27)25(28)32-22-8-4-7-21(30)24(22)23/h2-3,5-6,9-13,23H,4,7-8,28H2,1H3. The van der Waals surface area contributed by atoms with Gasteiger partial charge < -0.3 is 15.2 Å². The molecule has 0 spiro atoms.